The molecule has 0 aliphatic carbocycles. The predicted octanol–water partition coefficient (Wildman–Crippen LogP) is 38.8. The molecular formula is C132H91N3OS2. The molecule has 22 aromatic carbocycles. The molecule has 0 N–H and O–H groups in total. The second kappa shape index (κ2) is 38.6. The van der Waals surface area contributed by atoms with E-state index in [1.165, 1.54) is 135 Å². The highest BCUT2D eigenvalue weighted by atomic mass is 32.1. The fourth-order valence-corrected chi connectivity index (χ4v) is 21.6. The third-order valence-electron chi connectivity index (χ3n) is 26.0. The Labute approximate surface area is 812 Å². The van der Waals surface area contributed by atoms with Crippen LogP contribution in [0.5, 0.6) is 0 Å². The molecule has 0 saturated heterocycles. The van der Waals surface area contributed by atoms with Gasteiger partial charge in [0, 0.05) is 119 Å². The largest absolute Gasteiger partial charge is 0.455 e. The summed E-state index contributed by atoms with van der Waals surface area (Å²) in [4.78, 5) is 6.95. The Morgan fingerprint density at radius 2 is 0.341 bits per heavy atom. The number of benzene rings is 22. The summed E-state index contributed by atoms with van der Waals surface area (Å²) in [6.45, 7) is 0. The zero-order chi connectivity index (χ0) is 91.9. The third-order valence-corrected chi connectivity index (χ3v) is 28.5. The van der Waals surface area contributed by atoms with E-state index in [4.69, 9.17) is 4.42 Å². The highest BCUT2D eigenvalue weighted by Gasteiger charge is 2.23. The Balaban J connectivity index is 0.000000118. The standard InChI is InChI=1S/C54H37NO.C42H29NS.C36H25NS/c1-4-12-38(13-5-1)40-20-22-42(23-21-40)43-28-32-48(33-29-43)55(47-16-8-3-9-17-47)49-34-30-45(31-35-49)51-36-46(37-52-50-18-10-11-19-53(50)56-54(51)52)44-26-24-41(25-27-44)39-14-6-2-7-15-39;1-4-12-30(13-5-1)32-20-24-36(25-21-32)43(35-16-8-3-9-17-35)37-26-22-33(23-27-37)39-28-34(31-14-6-2-7-15-31)29-40-38-18-10-11-19-41(38)44-42(39)40;1-4-12-26(13-5-1)28-24-33(36-34(25-28)32-18-10-11-19-35(32)38-36)27-20-22-31(23-21-27)37(29-14-6-2-7-15-29)30-16-8-3-9-17-30/h1-37H;1-29H;1-25H. The SMILES string of the molecule is c1ccc(-c2cc(-c3ccc(N(c4ccccc4)c4ccccc4)cc3)c3sc4ccccc4c3c2)cc1.c1ccc(-c2ccc(-c3ccc(N(c4ccccc4)c4ccc(-c5cc(-c6ccc(-c7ccccc7)cc6)cc6c5oc5ccccc56)cc4)cc3)cc2)cc1.c1ccc(-c2ccc(N(c3ccccc3)c3ccc(-c4cc(-c5ccccc5)cc5c4sc4ccccc45)cc3)cc2)cc1. The fraction of sp³-hybridized carbons (Fsp3) is 0. The minimum Gasteiger partial charge on any atom is -0.455 e. The van der Waals surface area contributed by atoms with Crippen molar-refractivity contribution in [2.45, 2.75) is 0 Å². The monoisotopic (exact) mass is 1800 g/mol. The van der Waals surface area contributed by atoms with Crippen LogP contribution in [-0.2, 0) is 0 Å². The van der Waals surface area contributed by atoms with Gasteiger partial charge in [0.1, 0.15) is 11.2 Å². The average molecular weight is 1800 g/mol. The Morgan fingerprint density at radius 3 is 0.645 bits per heavy atom. The van der Waals surface area contributed by atoms with E-state index in [1.54, 1.807) is 0 Å². The zero-order valence-corrected chi connectivity index (χ0v) is 77.2. The minimum atomic E-state index is 0.891. The molecule has 0 bridgehead atoms. The van der Waals surface area contributed by atoms with Gasteiger partial charge in [-0.15, -0.1) is 22.7 Å². The average Bonchev–Trinajstić information content (AvgIpc) is 1.61. The number of para-hydroxylation sites is 5. The number of anilines is 9. The molecular weight excluding hydrogens is 1710 g/mol. The van der Waals surface area contributed by atoms with Crippen LogP contribution in [0.3, 0.4) is 0 Å². The molecule has 25 rings (SSSR count). The summed E-state index contributed by atoms with van der Waals surface area (Å²) >= 11 is 3.76. The molecule has 0 aliphatic rings. The molecule has 4 nitrogen and oxygen atoms in total. The van der Waals surface area contributed by atoms with Crippen molar-refractivity contribution in [1.82, 2.24) is 0 Å². The number of hydrogen-bond donors (Lipinski definition) is 0. The fourth-order valence-electron chi connectivity index (χ4n) is 19.1. The summed E-state index contributed by atoms with van der Waals surface area (Å²) in [7, 11) is 0. The first-order chi connectivity index (χ1) is 68.4. The Morgan fingerprint density at radius 1 is 0.138 bits per heavy atom. The summed E-state index contributed by atoms with van der Waals surface area (Å²) in [5.74, 6) is 0. The van der Waals surface area contributed by atoms with Gasteiger partial charge in [-0.05, 0) is 258 Å². The van der Waals surface area contributed by atoms with E-state index in [0.717, 1.165) is 89.8 Å². The molecule has 0 aliphatic heterocycles. The maximum atomic E-state index is 6.59. The number of furan rings is 1. The van der Waals surface area contributed by atoms with Crippen LogP contribution in [0.1, 0.15) is 0 Å². The smallest absolute Gasteiger partial charge is 0.143 e. The first-order valence-corrected chi connectivity index (χ1v) is 48.5. The number of thiophene rings is 2. The molecule has 3 heterocycles. The maximum Gasteiger partial charge on any atom is 0.143 e. The van der Waals surface area contributed by atoms with Crippen molar-refractivity contribution in [3.05, 3.63) is 552 Å². The van der Waals surface area contributed by atoms with Crippen molar-refractivity contribution in [3.63, 3.8) is 0 Å². The highest BCUT2D eigenvalue weighted by Crippen LogP contribution is 2.49. The summed E-state index contributed by atoms with van der Waals surface area (Å²) in [6, 6.07) is 197. The van der Waals surface area contributed by atoms with E-state index in [9.17, 15) is 0 Å². The van der Waals surface area contributed by atoms with Crippen LogP contribution in [0.15, 0.2) is 556 Å². The van der Waals surface area contributed by atoms with Crippen molar-refractivity contribution < 1.29 is 4.42 Å². The first-order valence-electron chi connectivity index (χ1n) is 46.9. The number of rotatable bonds is 19. The molecule has 3 aromatic heterocycles. The van der Waals surface area contributed by atoms with Gasteiger partial charge in [0.25, 0.3) is 0 Å². The molecule has 0 saturated carbocycles. The van der Waals surface area contributed by atoms with Gasteiger partial charge in [0.05, 0.1) is 0 Å². The Bertz CT molecular complexity index is 8470. The maximum absolute atomic E-state index is 6.59. The van der Waals surface area contributed by atoms with Crippen LogP contribution < -0.4 is 14.7 Å². The number of hydrogen-bond acceptors (Lipinski definition) is 6. The molecule has 6 heteroatoms. The van der Waals surface area contributed by atoms with Crippen LogP contribution in [-0.4, -0.2) is 0 Å². The van der Waals surface area contributed by atoms with Crippen LogP contribution >= 0.6 is 22.7 Å². The van der Waals surface area contributed by atoms with E-state index in [-0.39, 0.29) is 0 Å². The lowest BCUT2D eigenvalue weighted by molar-refractivity contribution is 0.670. The van der Waals surface area contributed by atoms with Gasteiger partial charge in [-0.3, -0.25) is 0 Å². The predicted molar refractivity (Wildman–Crippen MR) is 591 cm³/mol. The van der Waals surface area contributed by atoms with E-state index < -0.39 is 0 Å². The molecule has 25 aromatic rings. The van der Waals surface area contributed by atoms with Gasteiger partial charge in [-0.25, -0.2) is 0 Å². The summed E-state index contributed by atoms with van der Waals surface area (Å²) in [5.41, 5.74) is 36.0. The van der Waals surface area contributed by atoms with E-state index >= 15 is 0 Å². The summed E-state index contributed by atoms with van der Waals surface area (Å²) in [6.07, 6.45) is 0. The van der Waals surface area contributed by atoms with E-state index in [1.807, 2.05) is 28.7 Å². The Hall–Kier alpha value is -17.5. The van der Waals surface area contributed by atoms with Gasteiger partial charge in [-0.1, -0.05) is 388 Å². The van der Waals surface area contributed by atoms with Crippen molar-refractivity contribution >= 4 is 136 Å². The lowest BCUT2D eigenvalue weighted by Gasteiger charge is -2.26. The van der Waals surface area contributed by atoms with E-state index in [0.29, 0.717) is 0 Å². The van der Waals surface area contributed by atoms with Crippen LogP contribution in [0.2, 0.25) is 0 Å². The molecule has 0 fully saturated rings. The van der Waals surface area contributed by atoms with Gasteiger partial charge in [0.15, 0.2) is 0 Å². The second-order valence-corrected chi connectivity index (χ2v) is 36.7. The van der Waals surface area contributed by atoms with Gasteiger partial charge in [0.2, 0.25) is 0 Å². The topological polar surface area (TPSA) is 22.9 Å². The molecule has 0 spiro atoms. The van der Waals surface area contributed by atoms with Crippen LogP contribution in [0.25, 0.3) is 174 Å². The number of nitrogens with zero attached hydrogens (tertiary/aromatic N) is 3. The van der Waals surface area contributed by atoms with Crippen molar-refractivity contribution in [2.75, 3.05) is 14.7 Å². The second-order valence-electron chi connectivity index (χ2n) is 34.6. The van der Waals surface area contributed by atoms with Crippen molar-refractivity contribution in [1.29, 1.82) is 0 Å². The summed E-state index contributed by atoms with van der Waals surface area (Å²) in [5, 5.41) is 7.51. The first kappa shape index (κ1) is 84.7. The summed E-state index contributed by atoms with van der Waals surface area (Å²) < 4.78 is 11.9. The number of fused-ring (bicyclic) bond motifs is 9. The van der Waals surface area contributed by atoms with Crippen LogP contribution in [0.4, 0.5) is 51.2 Å². The van der Waals surface area contributed by atoms with Gasteiger partial charge < -0.3 is 19.1 Å². The molecule has 0 radical (unpaired) electrons. The normalized spacial score (nSPS) is 11.2. The Kier molecular flexibility index (Phi) is 23.7. The quantitative estimate of drug-likeness (QED) is 0.0805. The molecule has 652 valence electrons. The van der Waals surface area contributed by atoms with Crippen molar-refractivity contribution in [2.24, 2.45) is 0 Å². The molecule has 0 unspecified atom stereocenters. The van der Waals surface area contributed by atoms with Crippen molar-refractivity contribution in [3.8, 4) is 111 Å². The zero-order valence-electron chi connectivity index (χ0n) is 75.6. The third kappa shape index (κ3) is 17.5. The van der Waals surface area contributed by atoms with Gasteiger partial charge >= 0.3 is 0 Å². The van der Waals surface area contributed by atoms with Gasteiger partial charge in [-0.2, -0.15) is 0 Å². The molecule has 0 amide bonds. The minimum absolute atomic E-state index is 0.891. The van der Waals surface area contributed by atoms with Crippen LogP contribution in [0, 0.1) is 0 Å². The lowest BCUT2D eigenvalue weighted by atomic mass is 9.94. The molecule has 0 atom stereocenters. The van der Waals surface area contributed by atoms with E-state index in [2.05, 4.69) is 561 Å². The highest BCUT2D eigenvalue weighted by molar-refractivity contribution is 7.26. The lowest BCUT2D eigenvalue weighted by Crippen LogP contribution is -2.09. The molecule has 138 heavy (non-hydrogen) atoms.